The van der Waals surface area contributed by atoms with Gasteiger partial charge in [0.15, 0.2) is 9.84 Å². The Kier molecular flexibility index (Phi) is 4.14. The number of aryl methyl sites for hydroxylation is 1. The number of hydrogen-bond acceptors (Lipinski definition) is 5. The van der Waals surface area contributed by atoms with Crippen molar-refractivity contribution >= 4 is 20.8 Å². The summed E-state index contributed by atoms with van der Waals surface area (Å²) in [4.78, 5) is 4.81. The first-order valence-corrected chi connectivity index (χ1v) is 10.5. The maximum Gasteiger partial charge on any atom is 0.151 e. The number of rotatable bonds is 3. The van der Waals surface area contributed by atoms with Crippen molar-refractivity contribution in [2.75, 3.05) is 37.7 Å². The van der Waals surface area contributed by atoms with Gasteiger partial charge in [-0.25, -0.2) is 8.42 Å². The van der Waals surface area contributed by atoms with E-state index in [1.54, 1.807) is 0 Å². The first-order valence-electron chi connectivity index (χ1n) is 8.66. The van der Waals surface area contributed by atoms with Gasteiger partial charge in [0, 0.05) is 49.7 Å². The van der Waals surface area contributed by atoms with Crippen LogP contribution >= 0.6 is 0 Å². The van der Waals surface area contributed by atoms with E-state index in [1.807, 2.05) is 19.1 Å². The van der Waals surface area contributed by atoms with Crippen LogP contribution in [0.2, 0.25) is 0 Å². The summed E-state index contributed by atoms with van der Waals surface area (Å²) < 4.78 is 29.2. The van der Waals surface area contributed by atoms with Gasteiger partial charge in [-0.15, -0.1) is 0 Å². The number of furan rings is 1. The van der Waals surface area contributed by atoms with Crippen molar-refractivity contribution < 1.29 is 12.8 Å². The number of nitrogens with zero attached hydrogens (tertiary/aromatic N) is 2. The molecule has 2 aliphatic rings. The van der Waals surface area contributed by atoms with Crippen LogP contribution in [-0.2, 0) is 16.4 Å². The Balaban J connectivity index is 1.40. The lowest BCUT2D eigenvalue weighted by Crippen LogP contribution is -2.50. The van der Waals surface area contributed by atoms with Gasteiger partial charge < -0.3 is 4.42 Å². The molecule has 1 unspecified atom stereocenters. The zero-order chi connectivity index (χ0) is 16.7. The predicted molar refractivity (Wildman–Crippen MR) is 94.9 cm³/mol. The van der Waals surface area contributed by atoms with Crippen LogP contribution in [0.1, 0.15) is 17.7 Å². The number of piperazine rings is 1. The maximum atomic E-state index is 11.7. The van der Waals surface area contributed by atoms with Crippen molar-refractivity contribution in [2.45, 2.75) is 25.9 Å². The molecule has 0 saturated carbocycles. The number of sulfone groups is 1. The molecular weight excluding hydrogens is 324 g/mol. The smallest absolute Gasteiger partial charge is 0.151 e. The highest BCUT2D eigenvalue weighted by atomic mass is 32.2. The molecule has 3 heterocycles. The van der Waals surface area contributed by atoms with Crippen LogP contribution in [0.15, 0.2) is 28.7 Å². The molecular formula is C18H24N2O3S. The van der Waals surface area contributed by atoms with E-state index >= 15 is 0 Å². The van der Waals surface area contributed by atoms with Crippen LogP contribution in [0.4, 0.5) is 0 Å². The second-order valence-corrected chi connectivity index (χ2v) is 9.23. The van der Waals surface area contributed by atoms with E-state index in [0.29, 0.717) is 11.5 Å². The van der Waals surface area contributed by atoms with E-state index in [9.17, 15) is 8.42 Å². The standard InChI is InChI=1S/C18H24N2O3S/c1-14-17(16-4-2-3-5-18(16)23-14)12-19-7-9-20(10-8-19)15-6-11-24(21,22)13-15/h2-5,15H,6-13H2,1H3. The van der Waals surface area contributed by atoms with Crippen LogP contribution in [0.25, 0.3) is 11.0 Å². The maximum absolute atomic E-state index is 11.7. The van der Waals surface area contributed by atoms with Crippen LogP contribution in [0.5, 0.6) is 0 Å². The minimum atomic E-state index is -2.80. The van der Waals surface area contributed by atoms with Gasteiger partial charge in [-0.05, 0) is 19.4 Å². The fraction of sp³-hybridized carbons (Fsp3) is 0.556. The third kappa shape index (κ3) is 3.10. The summed E-state index contributed by atoms with van der Waals surface area (Å²) in [6.45, 7) is 6.81. The molecule has 1 aromatic heterocycles. The number of hydrogen-bond donors (Lipinski definition) is 0. The molecule has 0 radical (unpaired) electrons. The summed E-state index contributed by atoms with van der Waals surface area (Å²) in [7, 11) is -2.80. The Morgan fingerprint density at radius 3 is 2.62 bits per heavy atom. The first-order chi connectivity index (χ1) is 11.5. The zero-order valence-corrected chi connectivity index (χ0v) is 14.9. The Bertz CT molecular complexity index is 835. The van der Waals surface area contributed by atoms with Crippen LogP contribution < -0.4 is 0 Å². The van der Waals surface area contributed by atoms with Gasteiger partial charge in [0.1, 0.15) is 11.3 Å². The van der Waals surface area contributed by atoms with Crippen molar-refractivity contribution in [3.8, 4) is 0 Å². The molecule has 24 heavy (non-hydrogen) atoms. The second kappa shape index (κ2) is 6.17. The number of benzene rings is 1. The molecule has 2 aromatic rings. The molecule has 1 aromatic carbocycles. The van der Waals surface area contributed by atoms with E-state index in [2.05, 4.69) is 21.9 Å². The molecule has 4 rings (SSSR count). The van der Waals surface area contributed by atoms with Crippen molar-refractivity contribution in [3.05, 3.63) is 35.6 Å². The van der Waals surface area contributed by atoms with Crippen LogP contribution in [0, 0.1) is 6.92 Å². The molecule has 2 fully saturated rings. The Labute approximate surface area is 143 Å². The summed E-state index contributed by atoms with van der Waals surface area (Å²) in [5.41, 5.74) is 2.24. The molecule has 0 bridgehead atoms. The average molecular weight is 348 g/mol. The molecule has 1 atom stereocenters. The minimum absolute atomic E-state index is 0.230. The molecule has 2 aliphatic heterocycles. The van der Waals surface area contributed by atoms with E-state index in [-0.39, 0.29) is 6.04 Å². The highest BCUT2D eigenvalue weighted by molar-refractivity contribution is 7.91. The fourth-order valence-corrected chi connectivity index (χ4v) is 5.75. The molecule has 2 saturated heterocycles. The van der Waals surface area contributed by atoms with Crippen molar-refractivity contribution in [1.29, 1.82) is 0 Å². The van der Waals surface area contributed by atoms with Crippen molar-refractivity contribution in [2.24, 2.45) is 0 Å². The van der Waals surface area contributed by atoms with E-state index in [0.717, 1.165) is 50.5 Å². The van der Waals surface area contributed by atoms with Gasteiger partial charge in [-0.2, -0.15) is 0 Å². The van der Waals surface area contributed by atoms with Crippen molar-refractivity contribution in [1.82, 2.24) is 9.80 Å². The molecule has 6 heteroatoms. The molecule has 0 spiro atoms. The van der Waals surface area contributed by atoms with Crippen LogP contribution in [0.3, 0.4) is 0 Å². The molecule has 0 aliphatic carbocycles. The summed E-state index contributed by atoms with van der Waals surface area (Å²) >= 11 is 0. The molecule has 5 nitrogen and oxygen atoms in total. The van der Waals surface area contributed by atoms with Gasteiger partial charge in [-0.1, -0.05) is 18.2 Å². The summed E-state index contributed by atoms with van der Waals surface area (Å²) in [5, 5.41) is 1.21. The van der Waals surface area contributed by atoms with Crippen LogP contribution in [-0.4, -0.2) is 61.9 Å². The van der Waals surface area contributed by atoms with Gasteiger partial charge in [0.05, 0.1) is 11.5 Å². The highest BCUT2D eigenvalue weighted by Gasteiger charge is 2.33. The Morgan fingerprint density at radius 2 is 1.92 bits per heavy atom. The largest absolute Gasteiger partial charge is 0.461 e. The zero-order valence-electron chi connectivity index (χ0n) is 14.1. The Hall–Kier alpha value is -1.37. The van der Waals surface area contributed by atoms with Gasteiger partial charge >= 0.3 is 0 Å². The topological polar surface area (TPSA) is 53.8 Å². The molecule has 0 amide bonds. The van der Waals surface area contributed by atoms with E-state index in [4.69, 9.17) is 4.42 Å². The average Bonchev–Trinajstić information content (AvgIpc) is 3.08. The third-order valence-corrected chi connectivity index (χ3v) is 7.16. The second-order valence-electron chi connectivity index (χ2n) is 7.00. The first kappa shape index (κ1) is 16.1. The Morgan fingerprint density at radius 1 is 1.17 bits per heavy atom. The summed E-state index contributed by atoms with van der Waals surface area (Å²) in [5.74, 6) is 1.71. The fourth-order valence-electron chi connectivity index (χ4n) is 3.99. The highest BCUT2D eigenvalue weighted by Crippen LogP contribution is 2.27. The van der Waals surface area contributed by atoms with Gasteiger partial charge in [0.2, 0.25) is 0 Å². The lowest BCUT2D eigenvalue weighted by atomic mass is 10.1. The monoisotopic (exact) mass is 348 g/mol. The van der Waals surface area contributed by atoms with E-state index < -0.39 is 9.84 Å². The summed E-state index contributed by atoms with van der Waals surface area (Å²) in [6, 6.07) is 8.43. The predicted octanol–water partition coefficient (Wildman–Crippen LogP) is 2.05. The van der Waals surface area contributed by atoms with Gasteiger partial charge in [-0.3, -0.25) is 9.80 Å². The number of para-hydroxylation sites is 1. The minimum Gasteiger partial charge on any atom is -0.461 e. The SMILES string of the molecule is Cc1oc2ccccc2c1CN1CCN(C2CCS(=O)(=O)C2)CC1. The quantitative estimate of drug-likeness (QED) is 0.850. The number of fused-ring (bicyclic) bond motifs is 1. The summed E-state index contributed by atoms with van der Waals surface area (Å²) in [6.07, 6.45) is 0.799. The van der Waals surface area contributed by atoms with E-state index in [1.165, 1.54) is 10.9 Å². The van der Waals surface area contributed by atoms with Crippen molar-refractivity contribution in [3.63, 3.8) is 0 Å². The lowest BCUT2D eigenvalue weighted by molar-refractivity contribution is 0.1000. The van der Waals surface area contributed by atoms with Gasteiger partial charge in [0.25, 0.3) is 0 Å². The molecule has 130 valence electrons. The molecule has 0 N–H and O–H groups in total. The normalized spacial score (nSPS) is 25.5. The lowest BCUT2D eigenvalue weighted by Gasteiger charge is -2.37. The third-order valence-electron chi connectivity index (χ3n) is 5.41.